The quantitative estimate of drug-likeness (QED) is 0.854. The van der Waals surface area contributed by atoms with Crippen molar-refractivity contribution in [1.29, 1.82) is 0 Å². The standard InChI is InChI=1S/C15H13ClN2O/c16-12-5-4-11-7-15(19)18(14(11)8-12)9-10-2-1-3-13(17)6-10/h1-6,8H,7,9,17H2. The maximum absolute atomic E-state index is 12.1. The summed E-state index contributed by atoms with van der Waals surface area (Å²) >= 11 is 6.01. The summed E-state index contributed by atoms with van der Waals surface area (Å²) in [5, 5.41) is 0.644. The topological polar surface area (TPSA) is 46.3 Å². The maximum atomic E-state index is 12.1. The first-order valence-corrected chi connectivity index (χ1v) is 6.44. The van der Waals surface area contributed by atoms with Gasteiger partial charge in [-0.1, -0.05) is 29.8 Å². The summed E-state index contributed by atoms with van der Waals surface area (Å²) in [6.45, 7) is 0.525. The van der Waals surface area contributed by atoms with E-state index in [1.807, 2.05) is 42.5 Å². The number of hydrogen-bond acceptors (Lipinski definition) is 2. The number of amides is 1. The van der Waals surface area contributed by atoms with Crippen molar-refractivity contribution in [3.63, 3.8) is 0 Å². The average Bonchev–Trinajstić information content (AvgIpc) is 2.66. The van der Waals surface area contributed by atoms with Crippen LogP contribution in [0, 0.1) is 0 Å². The van der Waals surface area contributed by atoms with Gasteiger partial charge in [0.05, 0.1) is 13.0 Å². The lowest BCUT2D eigenvalue weighted by Gasteiger charge is -2.18. The van der Waals surface area contributed by atoms with Crippen molar-refractivity contribution in [2.45, 2.75) is 13.0 Å². The monoisotopic (exact) mass is 272 g/mol. The Bertz CT molecular complexity index is 654. The van der Waals surface area contributed by atoms with E-state index in [-0.39, 0.29) is 5.91 Å². The molecule has 2 aromatic rings. The Labute approximate surface area is 116 Å². The summed E-state index contributed by atoms with van der Waals surface area (Å²) in [6.07, 6.45) is 0.439. The molecule has 0 atom stereocenters. The number of hydrogen-bond donors (Lipinski definition) is 1. The van der Waals surface area contributed by atoms with Crippen LogP contribution in [0.25, 0.3) is 0 Å². The van der Waals surface area contributed by atoms with Crippen LogP contribution in [0.5, 0.6) is 0 Å². The molecule has 0 fully saturated rings. The number of halogens is 1. The molecule has 3 rings (SSSR count). The Hall–Kier alpha value is -2.00. The first-order valence-electron chi connectivity index (χ1n) is 6.07. The molecule has 19 heavy (non-hydrogen) atoms. The maximum Gasteiger partial charge on any atom is 0.231 e. The molecule has 1 aliphatic rings. The van der Waals surface area contributed by atoms with Crippen LogP contribution in [-0.2, 0) is 17.8 Å². The Kier molecular flexibility index (Phi) is 2.91. The predicted molar refractivity (Wildman–Crippen MR) is 77.2 cm³/mol. The number of nitrogens with two attached hydrogens (primary N) is 1. The fourth-order valence-electron chi connectivity index (χ4n) is 2.38. The van der Waals surface area contributed by atoms with Crippen LogP contribution >= 0.6 is 11.6 Å². The number of carbonyl (C=O) groups excluding carboxylic acids is 1. The highest BCUT2D eigenvalue weighted by atomic mass is 35.5. The highest BCUT2D eigenvalue weighted by Crippen LogP contribution is 2.32. The summed E-state index contributed by atoms with van der Waals surface area (Å²) in [4.78, 5) is 13.8. The van der Waals surface area contributed by atoms with Gasteiger partial charge >= 0.3 is 0 Å². The van der Waals surface area contributed by atoms with Crippen molar-refractivity contribution in [3.8, 4) is 0 Å². The summed E-state index contributed by atoms with van der Waals surface area (Å²) in [5.41, 5.74) is 9.41. The van der Waals surface area contributed by atoms with E-state index in [4.69, 9.17) is 17.3 Å². The SMILES string of the molecule is Nc1cccc(CN2C(=O)Cc3ccc(Cl)cc32)c1. The molecule has 1 amide bonds. The van der Waals surface area contributed by atoms with E-state index >= 15 is 0 Å². The Morgan fingerprint density at radius 2 is 2.05 bits per heavy atom. The number of nitrogen functional groups attached to an aromatic ring is 1. The minimum absolute atomic E-state index is 0.0969. The molecule has 0 unspecified atom stereocenters. The van der Waals surface area contributed by atoms with Gasteiger partial charge in [0.15, 0.2) is 0 Å². The van der Waals surface area contributed by atoms with Gasteiger partial charge in [0, 0.05) is 16.4 Å². The van der Waals surface area contributed by atoms with Gasteiger partial charge < -0.3 is 10.6 Å². The third kappa shape index (κ3) is 2.29. The number of nitrogens with zero attached hydrogens (tertiary/aromatic N) is 1. The summed E-state index contributed by atoms with van der Waals surface area (Å²) in [6, 6.07) is 13.1. The number of carbonyl (C=O) groups is 1. The lowest BCUT2D eigenvalue weighted by atomic mass is 10.1. The van der Waals surface area contributed by atoms with Gasteiger partial charge in [0.2, 0.25) is 5.91 Å². The largest absolute Gasteiger partial charge is 0.399 e. The smallest absolute Gasteiger partial charge is 0.231 e. The summed E-state index contributed by atoms with van der Waals surface area (Å²) in [7, 11) is 0. The third-order valence-electron chi connectivity index (χ3n) is 3.27. The zero-order valence-corrected chi connectivity index (χ0v) is 11.0. The minimum atomic E-state index is 0.0969. The molecular formula is C15H13ClN2O. The molecule has 2 N–H and O–H groups in total. The van der Waals surface area contributed by atoms with Crippen molar-refractivity contribution < 1.29 is 4.79 Å². The minimum Gasteiger partial charge on any atom is -0.399 e. The second-order valence-electron chi connectivity index (χ2n) is 4.67. The van der Waals surface area contributed by atoms with Crippen LogP contribution < -0.4 is 10.6 Å². The molecule has 0 aromatic heterocycles. The van der Waals surface area contributed by atoms with E-state index < -0.39 is 0 Å². The number of benzene rings is 2. The van der Waals surface area contributed by atoms with Gasteiger partial charge in [-0.05, 0) is 35.4 Å². The number of anilines is 2. The molecule has 0 saturated heterocycles. The van der Waals surface area contributed by atoms with Gasteiger partial charge in [0.25, 0.3) is 0 Å². The molecular weight excluding hydrogens is 260 g/mol. The van der Waals surface area contributed by atoms with Gasteiger partial charge in [-0.15, -0.1) is 0 Å². The lowest BCUT2D eigenvalue weighted by Crippen LogP contribution is -2.26. The van der Waals surface area contributed by atoms with Crippen LogP contribution in [0.4, 0.5) is 11.4 Å². The van der Waals surface area contributed by atoms with Crippen molar-refractivity contribution in [2.24, 2.45) is 0 Å². The van der Waals surface area contributed by atoms with Crippen molar-refractivity contribution in [2.75, 3.05) is 10.6 Å². The Morgan fingerprint density at radius 3 is 2.84 bits per heavy atom. The van der Waals surface area contributed by atoms with Crippen LogP contribution in [-0.4, -0.2) is 5.91 Å². The average molecular weight is 273 g/mol. The van der Waals surface area contributed by atoms with E-state index in [2.05, 4.69) is 0 Å². The van der Waals surface area contributed by atoms with Crippen molar-refractivity contribution in [1.82, 2.24) is 0 Å². The lowest BCUT2D eigenvalue weighted by molar-refractivity contribution is -0.117. The first kappa shape index (κ1) is 12.1. The highest BCUT2D eigenvalue weighted by molar-refractivity contribution is 6.31. The van der Waals surface area contributed by atoms with Gasteiger partial charge in [-0.25, -0.2) is 0 Å². The van der Waals surface area contributed by atoms with E-state index in [9.17, 15) is 4.79 Å². The van der Waals surface area contributed by atoms with Crippen LogP contribution in [0.2, 0.25) is 5.02 Å². The molecule has 1 heterocycles. The highest BCUT2D eigenvalue weighted by Gasteiger charge is 2.27. The molecule has 4 heteroatoms. The van der Waals surface area contributed by atoms with Gasteiger partial charge in [-0.3, -0.25) is 4.79 Å². The van der Waals surface area contributed by atoms with Crippen LogP contribution in [0.3, 0.4) is 0 Å². The van der Waals surface area contributed by atoms with E-state index in [0.717, 1.165) is 16.8 Å². The fraction of sp³-hybridized carbons (Fsp3) is 0.133. The van der Waals surface area contributed by atoms with Crippen LogP contribution in [0.1, 0.15) is 11.1 Å². The van der Waals surface area contributed by atoms with E-state index in [1.165, 1.54) is 0 Å². The zero-order chi connectivity index (χ0) is 13.4. The normalized spacial score (nSPS) is 13.7. The van der Waals surface area contributed by atoms with E-state index in [1.54, 1.807) is 4.90 Å². The number of rotatable bonds is 2. The molecule has 1 aliphatic heterocycles. The Balaban J connectivity index is 1.94. The molecule has 0 spiro atoms. The molecule has 0 radical (unpaired) electrons. The summed E-state index contributed by atoms with van der Waals surface area (Å²) < 4.78 is 0. The van der Waals surface area contributed by atoms with Crippen molar-refractivity contribution >= 4 is 28.9 Å². The second kappa shape index (κ2) is 4.59. The van der Waals surface area contributed by atoms with Gasteiger partial charge in [-0.2, -0.15) is 0 Å². The zero-order valence-electron chi connectivity index (χ0n) is 10.3. The molecule has 0 saturated carbocycles. The molecule has 2 aromatic carbocycles. The number of fused-ring (bicyclic) bond motifs is 1. The Morgan fingerprint density at radius 1 is 1.21 bits per heavy atom. The predicted octanol–water partition coefficient (Wildman–Crippen LogP) is 3.01. The second-order valence-corrected chi connectivity index (χ2v) is 5.11. The molecule has 0 bridgehead atoms. The summed E-state index contributed by atoms with van der Waals surface area (Å²) in [5.74, 6) is 0.0969. The van der Waals surface area contributed by atoms with E-state index in [0.29, 0.717) is 23.7 Å². The van der Waals surface area contributed by atoms with Crippen molar-refractivity contribution in [3.05, 3.63) is 58.6 Å². The molecule has 96 valence electrons. The first-order chi connectivity index (χ1) is 9.13. The fourth-order valence-corrected chi connectivity index (χ4v) is 2.54. The van der Waals surface area contributed by atoms with Gasteiger partial charge in [0.1, 0.15) is 0 Å². The van der Waals surface area contributed by atoms with Crippen LogP contribution in [0.15, 0.2) is 42.5 Å². The third-order valence-corrected chi connectivity index (χ3v) is 3.51. The molecule has 0 aliphatic carbocycles. The molecule has 3 nitrogen and oxygen atoms in total.